The summed E-state index contributed by atoms with van der Waals surface area (Å²) in [5.41, 5.74) is 1.67. The van der Waals surface area contributed by atoms with Crippen molar-refractivity contribution in [2.45, 2.75) is 24.7 Å². The maximum Gasteiger partial charge on any atom is 0.191 e. The van der Waals surface area contributed by atoms with E-state index in [2.05, 4.69) is 74.8 Å². The number of halogens is 1. The summed E-state index contributed by atoms with van der Waals surface area (Å²) in [5.74, 6) is 0.900. The molecule has 4 nitrogen and oxygen atoms in total. The van der Waals surface area contributed by atoms with Crippen LogP contribution in [0.2, 0.25) is 0 Å². The standard InChI is InChI=1S/C17H27BrN4/c1-19-16(20-11-6-12-22(2)3)21-13-17(9-10-17)14-7-4-5-8-15(14)18/h4-5,7-8H,6,9-13H2,1-3H3,(H2,19,20,21). The lowest BCUT2D eigenvalue weighted by Gasteiger charge is -2.20. The number of hydrogen-bond acceptors (Lipinski definition) is 2. The molecule has 1 aromatic rings. The molecule has 0 atom stereocenters. The van der Waals surface area contributed by atoms with E-state index in [1.54, 1.807) is 0 Å². The predicted octanol–water partition coefficient (Wildman–Crippen LogP) is 2.60. The summed E-state index contributed by atoms with van der Waals surface area (Å²) in [6.07, 6.45) is 3.59. The Bertz CT molecular complexity index is 509. The molecule has 0 radical (unpaired) electrons. The lowest BCUT2D eigenvalue weighted by atomic mass is 9.96. The summed E-state index contributed by atoms with van der Waals surface area (Å²) in [6.45, 7) is 2.97. The van der Waals surface area contributed by atoms with Gasteiger partial charge in [-0.1, -0.05) is 34.1 Å². The molecular formula is C17H27BrN4. The van der Waals surface area contributed by atoms with E-state index in [4.69, 9.17) is 0 Å². The zero-order valence-electron chi connectivity index (χ0n) is 13.8. The van der Waals surface area contributed by atoms with Crippen LogP contribution >= 0.6 is 15.9 Å². The van der Waals surface area contributed by atoms with Gasteiger partial charge in [0.2, 0.25) is 0 Å². The third kappa shape index (κ3) is 4.71. The maximum atomic E-state index is 4.32. The van der Waals surface area contributed by atoms with Gasteiger partial charge in [0, 0.05) is 30.0 Å². The second kappa shape index (κ2) is 7.97. The second-order valence-electron chi connectivity index (χ2n) is 6.27. The van der Waals surface area contributed by atoms with Crippen molar-refractivity contribution in [3.63, 3.8) is 0 Å². The molecule has 0 amide bonds. The van der Waals surface area contributed by atoms with Crippen LogP contribution in [0.25, 0.3) is 0 Å². The van der Waals surface area contributed by atoms with Crippen molar-refractivity contribution in [2.75, 3.05) is 40.8 Å². The van der Waals surface area contributed by atoms with Crippen LogP contribution in [0.4, 0.5) is 0 Å². The third-order valence-corrected chi connectivity index (χ3v) is 4.88. The summed E-state index contributed by atoms with van der Waals surface area (Å²) in [7, 11) is 6.03. The fourth-order valence-corrected chi connectivity index (χ4v) is 3.36. The lowest BCUT2D eigenvalue weighted by Crippen LogP contribution is -2.42. The molecule has 2 N–H and O–H groups in total. The van der Waals surface area contributed by atoms with Gasteiger partial charge in [0.1, 0.15) is 0 Å². The van der Waals surface area contributed by atoms with E-state index in [0.29, 0.717) is 0 Å². The van der Waals surface area contributed by atoms with Gasteiger partial charge in [-0.15, -0.1) is 0 Å². The van der Waals surface area contributed by atoms with Gasteiger partial charge < -0.3 is 15.5 Å². The molecular weight excluding hydrogens is 340 g/mol. The maximum absolute atomic E-state index is 4.32. The molecule has 0 aliphatic heterocycles. The highest BCUT2D eigenvalue weighted by molar-refractivity contribution is 9.10. The average Bonchev–Trinajstić information content (AvgIpc) is 3.27. The molecule has 0 saturated heterocycles. The molecule has 0 aromatic heterocycles. The molecule has 5 heteroatoms. The minimum Gasteiger partial charge on any atom is -0.356 e. The number of guanidine groups is 1. The summed E-state index contributed by atoms with van der Waals surface area (Å²) < 4.78 is 1.21. The van der Waals surface area contributed by atoms with Crippen molar-refractivity contribution in [1.82, 2.24) is 15.5 Å². The minimum atomic E-state index is 0.265. The largest absolute Gasteiger partial charge is 0.356 e. The zero-order chi connectivity index (χ0) is 16.0. The first-order valence-electron chi connectivity index (χ1n) is 7.92. The summed E-state index contributed by atoms with van der Waals surface area (Å²) in [6, 6.07) is 8.55. The Morgan fingerprint density at radius 2 is 2.00 bits per heavy atom. The van der Waals surface area contributed by atoms with Crippen molar-refractivity contribution >= 4 is 21.9 Å². The van der Waals surface area contributed by atoms with Gasteiger partial charge in [0.05, 0.1) is 0 Å². The van der Waals surface area contributed by atoms with E-state index < -0.39 is 0 Å². The number of aliphatic imine (C=N–C) groups is 1. The van der Waals surface area contributed by atoms with Crippen LogP contribution in [0.3, 0.4) is 0 Å². The topological polar surface area (TPSA) is 39.7 Å². The molecule has 1 saturated carbocycles. The molecule has 1 aliphatic rings. The van der Waals surface area contributed by atoms with Crippen LogP contribution in [-0.2, 0) is 5.41 Å². The van der Waals surface area contributed by atoms with Crippen molar-refractivity contribution in [1.29, 1.82) is 0 Å². The van der Waals surface area contributed by atoms with Crippen LogP contribution < -0.4 is 10.6 Å². The van der Waals surface area contributed by atoms with Gasteiger partial charge in [-0.3, -0.25) is 4.99 Å². The fraction of sp³-hybridized carbons (Fsp3) is 0.588. The highest BCUT2D eigenvalue weighted by Gasteiger charge is 2.45. The predicted molar refractivity (Wildman–Crippen MR) is 97.6 cm³/mol. The van der Waals surface area contributed by atoms with E-state index in [1.807, 2.05) is 7.05 Å². The highest BCUT2D eigenvalue weighted by atomic mass is 79.9. The van der Waals surface area contributed by atoms with E-state index in [9.17, 15) is 0 Å². The monoisotopic (exact) mass is 366 g/mol. The molecule has 1 fully saturated rings. The van der Waals surface area contributed by atoms with Crippen LogP contribution in [0, 0.1) is 0 Å². The van der Waals surface area contributed by atoms with E-state index in [1.165, 1.54) is 22.9 Å². The van der Waals surface area contributed by atoms with E-state index in [-0.39, 0.29) is 5.41 Å². The summed E-state index contributed by atoms with van der Waals surface area (Å²) >= 11 is 3.68. The van der Waals surface area contributed by atoms with Crippen LogP contribution in [0.15, 0.2) is 33.7 Å². The average molecular weight is 367 g/mol. The molecule has 122 valence electrons. The first-order valence-corrected chi connectivity index (χ1v) is 8.71. The SMILES string of the molecule is CN=C(NCCCN(C)C)NCC1(c2ccccc2Br)CC1. The Morgan fingerprint density at radius 1 is 1.27 bits per heavy atom. The van der Waals surface area contributed by atoms with E-state index >= 15 is 0 Å². The van der Waals surface area contributed by atoms with Crippen molar-refractivity contribution in [3.05, 3.63) is 34.3 Å². The third-order valence-electron chi connectivity index (χ3n) is 4.19. The normalized spacial score (nSPS) is 16.7. The summed E-state index contributed by atoms with van der Waals surface area (Å²) in [4.78, 5) is 6.52. The zero-order valence-corrected chi connectivity index (χ0v) is 15.4. The van der Waals surface area contributed by atoms with Crippen LogP contribution in [-0.4, -0.2) is 51.6 Å². The second-order valence-corrected chi connectivity index (χ2v) is 7.12. The molecule has 2 rings (SSSR count). The Kier molecular flexibility index (Phi) is 6.26. The smallest absolute Gasteiger partial charge is 0.191 e. The highest BCUT2D eigenvalue weighted by Crippen LogP contribution is 2.49. The minimum absolute atomic E-state index is 0.265. The number of benzene rings is 1. The fourth-order valence-electron chi connectivity index (χ4n) is 2.66. The Hall–Kier alpha value is -1.07. The van der Waals surface area contributed by atoms with Gasteiger partial charge in [0.25, 0.3) is 0 Å². The van der Waals surface area contributed by atoms with Crippen LogP contribution in [0.1, 0.15) is 24.8 Å². The molecule has 0 heterocycles. The van der Waals surface area contributed by atoms with Gasteiger partial charge in [0.15, 0.2) is 5.96 Å². The number of hydrogen-bond donors (Lipinski definition) is 2. The van der Waals surface area contributed by atoms with Gasteiger partial charge in [-0.2, -0.15) is 0 Å². The van der Waals surface area contributed by atoms with Crippen molar-refractivity contribution in [2.24, 2.45) is 4.99 Å². The molecule has 0 spiro atoms. The Morgan fingerprint density at radius 3 is 2.59 bits per heavy atom. The van der Waals surface area contributed by atoms with Crippen LogP contribution in [0.5, 0.6) is 0 Å². The number of rotatable bonds is 7. The lowest BCUT2D eigenvalue weighted by molar-refractivity contribution is 0.399. The van der Waals surface area contributed by atoms with Gasteiger partial charge >= 0.3 is 0 Å². The van der Waals surface area contributed by atoms with E-state index in [0.717, 1.165) is 32.0 Å². The quantitative estimate of drug-likeness (QED) is 0.442. The van der Waals surface area contributed by atoms with Gasteiger partial charge in [-0.05, 0) is 51.5 Å². The Labute approximate surface area is 142 Å². The summed E-state index contributed by atoms with van der Waals surface area (Å²) in [5, 5.41) is 6.88. The molecule has 1 aliphatic carbocycles. The number of nitrogens with one attached hydrogen (secondary N) is 2. The van der Waals surface area contributed by atoms with Gasteiger partial charge in [-0.25, -0.2) is 0 Å². The van der Waals surface area contributed by atoms with Crippen molar-refractivity contribution < 1.29 is 0 Å². The van der Waals surface area contributed by atoms with Crippen molar-refractivity contribution in [3.8, 4) is 0 Å². The number of nitrogens with zero attached hydrogens (tertiary/aromatic N) is 2. The molecule has 1 aromatic carbocycles. The first kappa shape index (κ1) is 17.3. The molecule has 0 unspecified atom stereocenters. The Balaban J connectivity index is 1.82. The first-order chi connectivity index (χ1) is 10.6. The molecule has 0 bridgehead atoms. The molecule has 22 heavy (non-hydrogen) atoms.